The molecule has 0 aromatic heterocycles. The average Bonchev–Trinajstić information content (AvgIpc) is 2.51. The van der Waals surface area contributed by atoms with Crippen molar-refractivity contribution in [3.05, 3.63) is 47.0 Å². The smallest absolute Gasteiger partial charge is 0.343 e. The molecule has 1 unspecified atom stereocenters. The van der Waals surface area contributed by atoms with E-state index in [2.05, 4.69) is 0 Å². The Hall–Kier alpha value is -2.43. The Morgan fingerprint density at radius 1 is 1.22 bits per heavy atom. The molecular weight excluding hydrogens is 296 g/mol. The van der Waals surface area contributed by atoms with Gasteiger partial charge in [0.1, 0.15) is 11.7 Å². The summed E-state index contributed by atoms with van der Waals surface area (Å²) in [5.74, 6) is -1.97. The van der Waals surface area contributed by atoms with Gasteiger partial charge in [-0.05, 0) is 13.8 Å². The molecule has 0 N–H and O–H groups in total. The van der Waals surface area contributed by atoms with Crippen molar-refractivity contribution in [1.82, 2.24) is 0 Å². The van der Waals surface area contributed by atoms with Crippen LogP contribution in [0.15, 0.2) is 41.5 Å². The van der Waals surface area contributed by atoms with Crippen molar-refractivity contribution in [2.24, 2.45) is 5.41 Å². The molecule has 0 amide bonds. The highest BCUT2D eigenvalue weighted by atomic mass is 16.6. The zero-order chi connectivity index (χ0) is 17.2. The first kappa shape index (κ1) is 16.9. The lowest BCUT2D eigenvalue weighted by Gasteiger charge is -2.37. The van der Waals surface area contributed by atoms with E-state index in [4.69, 9.17) is 9.47 Å². The van der Waals surface area contributed by atoms with Crippen molar-refractivity contribution in [3.8, 4) is 0 Å². The van der Waals surface area contributed by atoms with E-state index in [0.717, 1.165) is 0 Å². The van der Waals surface area contributed by atoms with Gasteiger partial charge in [0.2, 0.25) is 5.78 Å². The van der Waals surface area contributed by atoms with E-state index < -0.39 is 29.2 Å². The Kier molecular flexibility index (Phi) is 4.68. The van der Waals surface area contributed by atoms with Gasteiger partial charge in [-0.1, -0.05) is 44.2 Å². The number of hydrogen-bond donors (Lipinski definition) is 0. The van der Waals surface area contributed by atoms with Crippen LogP contribution in [0.5, 0.6) is 0 Å². The number of carbonyl (C=O) groups excluding carboxylic acids is 3. The highest BCUT2D eigenvalue weighted by Crippen LogP contribution is 2.40. The number of ketones is 1. The van der Waals surface area contributed by atoms with Gasteiger partial charge < -0.3 is 9.47 Å². The Balaban J connectivity index is 2.65. The normalized spacial score (nSPS) is 20.0. The first-order valence-corrected chi connectivity index (χ1v) is 7.53. The lowest BCUT2D eigenvalue weighted by atomic mass is 9.74. The molecule has 1 aromatic carbocycles. The third kappa shape index (κ3) is 3.04. The highest BCUT2D eigenvalue weighted by molar-refractivity contribution is 6.28. The van der Waals surface area contributed by atoms with Gasteiger partial charge in [0.05, 0.1) is 12.2 Å². The standard InChI is InChI=1S/C18H20O5/c1-5-22-17(21)14-13(15(19)12-9-7-6-8-10-12)16(20)23-11(2)18(14,3)4/h6-11H,5H2,1-4H3. The number of cyclic esters (lactones) is 1. The largest absolute Gasteiger partial charge is 0.463 e. The van der Waals surface area contributed by atoms with E-state index in [1.807, 2.05) is 0 Å². The van der Waals surface area contributed by atoms with Crippen molar-refractivity contribution in [2.75, 3.05) is 6.61 Å². The predicted octanol–water partition coefficient (Wildman–Crippen LogP) is 2.70. The minimum Gasteiger partial charge on any atom is -0.463 e. The van der Waals surface area contributed by atoms with Crippen molar-refractivity contribution in [1.29, 1.82) is 0 Å². The summed E-state index contributed by atoms with van der Waals surface area (Å²) in [4.78, 5) is 37.5. The molecule has 0 fully saturated rings. The molecule has 0 radical (unpaired) electrons. The molecule has 2 rings (SSSR count). The second-order valence-electron chi connectivity index (χ2n) is 5.93. The van der Waals surface area contributed by atoms with Gasteiger partial charge >= 0.3 is 11.9 Å². The van der Waals surface area contributed by atoms with E-state index in [1.54, 1.807) is 58.0 Å². The van der Waals surface area contributed by atoms with Crippen LogP contribution in [-0.2, 0) is 19.1 Å². The van der Waals surface area contributed by atoms with Crippen LogP contribution < -0.4 is 0 Å². The van der Waals surface area contributed by atoms with Crippen molar-refractivity contribution in [3.63, 3.8) is 0 Å². The monoisotopic (exact) mass is 316 g/mol. The number of carbonyl (C=O) groups is 3. The quantitative estimate of drug-likeness (QED) is 0.485. The van der Waals surface area contributed by atoms with Gasteiger partial charge in [-0.2, -0.15) is 0 Å². The molecule has 1 aliphatic heterocycles. The average molecular weight is 316 g/mol. The summed E-state index contributed by atoms with van der Waals surface area (Å²) in [6.45, 7) is 7.05. The topological polar surface area (TPSA) is 69.7 Å². The summed E-state index contributed by atoms with van der Waals surface area (Å²) in [7, 11) is 0. The van der Waals surface area contributed by atoms with Crippen LogP contribution in [0.1, 0.15) is 38.1 Å². The molecule has 0 bridgehead atoms. The van der Waals surface area contributed by atoms with Gasteiger partial charge in [-0.15, -0.1) is 0 Å². The predicted molar refractivity (Wildman–Crippen MR) is 83.8 cm³/mol. The molecule has 1 aliphatic rings. The molecular formula is C18H20O5. The van der Waals surface area contributed by atoms with E-state index >= 15 is 0 Å². The fourth-order valence-electron chi connectivity index (χ4n) is 2.50. The van der Waals surface area contributed by atoms with Crippen LogP contribution in [0, 0.1) is 5.41 Å². The summed E-state index contributed by atoms with van der Waals surface area (Å²) < 4.78 is 10.4. The van der Waals surface area contributed by atoms with Crippen LogP contribution in [0.25, 0.3) is 0 Å². The van der Waals surface area contributed by atoms with Crippen molar-refractivity contribution < 1.29 is 23.9 Å². The van der Waals surface area contributed by atoms with Gasteiger partial charge in [0.15, 0.2) is 0 Å². The fraction of sp³-hybridized carbons (Fsp3) is 0.389. The van der Waals surface area contributed by atoms with Crippen LogP contribution in [0.2, 0.25) is 0 Å². The second-order valence-corrected chi connectivity index (χ2v) is 5.93. The Labute approximate surface area is 135 Å². The van der Waals surface area contributed by atoms with Gasteiger partial charge in [0, 0.05) is 11.0 Å². The Bertz CT molecular complexity index is 670. The first-order chi connectivity index (χ1) is 10.8. The molecule has 0 aliphatic carbocycles. The summed E-state index contributed by atoms with van der Waals surface area (Å²) in [5, 5.41) is 0. The fourth-order valence-corrected chi connectivity index (χ4v) is 2.50. The molecule has 23 heavy (non-hydrogen) atoms. The zero-order valence-corrected chi connectivity index (χ0v) is 13.7. The maximum Gasteiger partial charge on any atom is 0.343 e. The Morgan fingerprint density at radius 2 is 1.83 bits per heavy atom. The summed E-state index contributed by atoms with van der Waals surface area (Å²) >= 11 is 0. The van der Waals surface area contributed by atoms with Gasteiger partial charge in [0.25, 0.3) is 0 Å². The number of ether oxygens (including phenoxy) is 2. The molecule has 5 nitrogen and oxygen atoms in total. The maximum atomic E-state index is 12.8. The molecule has 122 valence electrons. The SMILES string of the molecule is CCOC(=O)C1=C(C(=O)c2ccccc2)C(=O)OC(C)C1(C)C. The molecule has 0 saturated carbocycles. The number of rotatable bonds is 4. The first-order valence-electron chi connectivity index (χ1n) is 7.53. The van der Waals surface area contributed by atoms with Crippen molar-refractivity contribution >= 4 is 17.7 Å². The van der Waals surface area contributed by atoms with Crippen LogP contribution in [0.3, 0.4) is 0 Å². The zero-order valence-electron chi connectivity index (χ0n) is 13.7. The van der Waals surface area contributed by atoms with Crippen LogP contribution in [0.4, 0.5) is 0 Å². The number of Topliss-reactive ketones (excluding diaryl/α,β-unsaturated/α-hetero) is 1. The summed E-state index contributed by atoms with van der Waals surface area (Å²) in [6.07, 6.45) is -0.540. The Morgan fingerprint density at radius 3 is 2.39 bits per heavy atom. The second kappa shape index (κ2) is 6.36. The third-order valence-electron chi connectivity index (χ3n) is 4.14. The van der Waals surface area contributed by atoms with Crippen LogP contribution in [-0.4, -0.2) is 30.4 Å². The molecule has 0 saturated heterocycles. The summed E-state index contributed by atoms with van der Waals surface area (Å²) in [6, 6.07) is 8.34. The molecule has 1 heterocycles. The minimum absolute atomic E-state index is 0.0805. The van der Waals surface area contributed by atoms with E-state index in [1.165, 1.54) is 0 Å². The van der Waals surface area contributed by atoms with E-state index in [-0.39, 0.29) is 17.8 Å². The summed E-state index contributed by atoms with van der Waals surface area (Å²) in [5.41, 5.74) is -0.652. The van der Waals surface area contributed by atoms with Crippen LogP contribution >= 0.6 is 0 Å². The number of esters is 2. The number of benzene rings is 1. The highest BCUT2D eigenvalue weighted by Gasteiger charge is 2.47. The minimum atomic E-state index is -0.820. The number of hydrogen-bond acceptors (Lipinski definition) is 5. The molecule has 1 atom stereocenters. The van der Waals surface area contributed by atoms with Crippen molar-refractivity contribution in [2.45, 2.75) is 33.8 Å². The van der Waals surface area contributed by atoms with Gasteiger partial charge in [-0.25, -0.2) is 9.59 Å². The van der Waals surface area contributed by atoms with E-state index in [0.29, 0.717) is 5.56 Å². The maximum absolute atomic E-state index is 12.8. The lowest BCUT2D eigenvalue weighted by Crippen LogP contribution is -2.44. The lowest BCUT2D eigenvalue weighted by molar-refractivity contribution is -0.154. The third-order valence-corrected chi connectivity index (χ3v) is 4.14. The van der Waals surface area contributed by atoms with Gasteiger partial charge in [-0.3, -0.25) is 4.79 Å². The molecule has 0 spiro atoms. The van der Waals surface area contributed by atoms with E-state index in [9.17, 15) is 14.4 Å². The molecule has 1 aromatic rings. The molecule has 5 heteroatoms.